The average Bonchev–Trinajstić information content (AvgIpc) is 3.01. The van der Waals surface area contributed by atoms with E-state index in [1.165, 1.54) is 5.06 Å². The van der Waals surface area contributed by atoms with E-state index < -0.39 is 10.1 Å². The van der Waals surface area contributed by atoms with Gasteiger partial charge in [0.1, 0.15) is 0 Å². The van der Waals surface area contributed by atoms with Gasteiger partial charge in [-0.15, -0.1) is 0 Å². The van der Waals surface area contributed by atoms with E-state index in [0.717, 1.165) is 17.5 Å². The van der Waals surface area contributed by atoms with Gasteiger partial charge in [0.05, 0.1) is 24.2 Å². The van der Waals surface area contributed by atoms with Gasteiger partial charge in [-0.1, -0.05) is 48.0 Å². The van der Waals surface area contributed by atoms with E-state index in [-0.39, 0.29) is 11.0 Å². The summed E-state index contributed by atoms with van der Waals surface area (Å²) >= 11 is 0. The second kappa shape index (κ2) is 7.44. The van der Waals surface area contributed by atoms with Gasteiger partial charge < -0.3 is 4.74 Å². The van der Waals surface area contributed by atoms with Crippen LogP contribution < -0.4 is 0 Å². The highest BCUT2D eigenvalue weighted by molar-refractivity contribution is 7.86. The largest absolute Gasteiger partial charge is 0.372 e. The third-order valence-corrected chi connectivity index (χ3v) is 5.21. The van der Waals surface area contributed by atoms with Crippen LogP contribution in [0.2, 0.25) is 0 Å². The van der Waals surface area contributed by atoms with Crippen LogP contribution in [0.25, 0.3) is 0 Å². The molecule has 1 aliphatic heterocycles. The maximum Gasteiger partial charge on any atom is 0.313 e. The molecule has 1 fully saturated rings. The molecule has 0 bridgehead atoms. The molecule has 0 spiro atoms. The van der Waals surface area contributed by atoms with Crippen molar-refractivity contribution in [3.05, 3.63) is 65.7 Å². The zero-order valence-electron chi connectivity index (χ0n) is 13.6. The highest BCUT2D eigenvalue weighted by atomic mass is 32.2. The van der Waals surface area contributed by atoms with Crippen LogP contribution in [-0.4, -0.2) is 32.7 Å². The predicted octanol–water partition coefficient (Wildman–Crippen LogP) is 2.91. The fourth-order valence-electron chi connectivity index (χ4n) is 2.58. The van der Waals surface area contributed by atoms with Crippen molar-refractivity contribution in [2.75, 3.05) is 13.1 Å². The van der Waals surface area contributed by atoms with Crippen molar-refractivity contribution in [1.82, 2.24) is 5.06 Å². The number of nitrogens with zero attached hydrogens (tertiary/aromatic N) is 1. The fourth-order valence-corrected chi connectivity index (χ4v) is 3.54. The monoisotopic (exact) mass is 347 g/mol. The minimum atomic E-state index is -3.78. The van der Waals surface area contributed by atoms with E-state index in [2.05, 4.69) is 0 Å². The molecule has 2 aromatic rings. The van der Waals surface area contributed by atoms with Crippen molar-refractivity contribution in [2.24, 2.45) is 0 Å². The van der Waals surface area contributed by atoms with Crippen LogP contribution in [0.15, 0.2) is 59.5 Å². The van der Waals surface area contributed by atoms with Crippen molar-refractivity contribution < 1.29 is 17.4 Å². The molecule has 0 aromatic heterocycles. The van der Waals surface area contributed by atoms with Gasteiger partial charge in [0.15, 0.2) is 0 Å². The Hall–Kier alpha value is -1.73. The van der Waals surface area contributed by atoms with Gasteiger partial charge in [-0.3, -0.25) is 0 Å². The third-order valence-electron chi connectivity index (χ3n) is 3.95. The Morgan fingerprint density at radius 1 is 1.08 bits per heavy atom. The molecule has 24 heavy (non-hydrogen) atoms. The summed E-state index contributed by atoms with van der Waals surface area (Å²) in [5.41, 5.74) is 2.11. The molecule has 1 heterocycles. The molecule has 0 unspecified atom stereocenters. The Bertz CT molecular complexity index is 759. The van der Waals surface area contributed by atoms with Crippen LogP contribution in [0.5, 0.6) is 0 Å². The second-order valence-electron chi connectivity index (χ2n) is 5.94. The van der Waals surface area contributed by atoms with Gasteiger partial charge in [-0.2, -0.15) is 17.8 Å². The van der Waals surface area contributed by atoms with Gasteiger partial charge >= 0.3 is 10.1 Å². The van der Waals surface area contributed by atoms with E-state index in [1.54, 1.807) is 24.3 Å². The summed E-state index contributed by atoms with van der Waals surface area (Å²) in [6.07, 6.45) is 0.717. The van der Waals surface area contributed by atoms with Crippen LogP contribution >= 0.6 is 0 Å². The highest BCUT2D eigenvalue weighted by Crippen LogP contribution is 2.20. The third kappa shape index (κ3) is 4.42. The van der Waals surface area contributed by atoms with E-state index in [4.69, 9.17) is 9.02 Å². The number of ether oxygens (including phenoxy) is 1. The average molecular weight is 347 g/mol. The molecule has 0 aliphatic carbocycles. The van der Waals surface area contributed by atoms with Gasteiger partial charge in [0, 0.05) is 6.54 Å². The molecule has 2 aromatic carbocycles. The second-order valence-corrected chi connectivity index (χ2v) is 7.47. The van der Waals surface area contributed by atoms with Crippen molar-refractivity contribution in [3.63, 3.8) is 0 Å². The Labute approximate surface area is 142 Å². The standard InChI is InChI=1S/C18H21NO4S/c1-15-7-9-18(10-8-15)24(20,21)23-19-12-11-17(13-19)22-14-16-5-3-2-4-6-16/h2-10,17H,11-14H2,1H3/t17-/m1/s1. The zero-order chi connectivity index (χ0) is 17.0. The number of aryl methyl sites for hydroxylation is 1. The molecular formula is C18H21NO4S. The Balaban J connectivity index is 1.53. The number of benzene rings is 2. The molecule has 0 amide bonds. The topological polar surface area (TPSA) is 55.8 Å². The molecule has 5 nitrogen and oxygen atoms in total. The van der Waals surface area contributed by atoms with Crippen LogP contribution in [0.4, 0.5) is 0 Å². The predicted molar refractivity (Wildman–Crippen MR) is 90.7 cm³/mol. The lowest BCUT2D eigenvalue weighted by molar-refractivity contribution is -0.0478. The first-order valence-electron chi connectivity index (χ1n) is 7.95. The lowest BCUT2D eigenvalue weighted by atomic mass is 10.2. The van der Waals surface area contributed by atoms with E-state index in [9.17, 15) is 8.42 Å². The molecule has 6 heteroatoms. The molecule has 1 saturated heterocycles. The van der Waals surface area contributed by atoms with Crippen LogP contribution in [-0.2, 0) is 25.7 Å². The van der Waals surface area contributed by atoms with Crippen molar-refractivity contribution in [1.29, 1.82) is 0 Å². The first-order valence-corrected chi connectivity index (χ1v) is 9.35. The number of hydroxylamine groups is 2. The van der Waals surface area contributed by atoms with Crippen molar-refractivity contribution in [2.45, 2.75) is 31.0 Å². The smallest absolute Gasteiger partial charge is 0.313 e. The van der Waals surface area contributed by atoms with Crippen molar-refractivity contribution >= 4 is 10.1 Å². The quantitative estimate of drug-likeness (QED) is 0.804. The Kier molecular flexibility index (Phi) is 5.30. The lowest BCUT2D eigenvalue weighted by Crippen LogP contribution is -2.27. The van der Waals surface area contributed by atoms with E-state index in [1.807, 2.05) is 37.3 Å². The molecule has 0 saturated carbocycles. The van der Waals surface area contributed by atoms with Crippen LogP contribution in [0, 0.1) is 6.92 Å². The minimum Gasteiger partial charge on any atom is -0.372 e. The zero-order valence-corrected chi connectivity index (χ0v) is 14.4. The van der Waals surface area contributed by atoms with Crippen LogP contribution in [0.3, 0.4) is 0 Å². The van der Waals surface area contributed by atoms with Gasteiger partial charge in [-0.25, -0.2) is 0 Å². The molecule has 1 aliphatic rings. The highest BCUT2D eigenvalue weighted by Gasteiger charge is 2.28. The summed E-state index contributed by atoms with van der Waals surface area (Å²) in [4.78, 5) is 0.168. The van der Waals surface area contributed by atoms with Gasteiger partial charge in [-0.05, 0) is 31.0 Å². The molecule has 3 rings (SSSR count). The summed E-state index contributed by atoms with van der Waals surface area (Å²) in [6.45, 7) is 3.40. The summed E-state index contributed by atoms with van der Waals surface area (Å²) in [7, 11) is -3.78. The molecule has 1 atom stereocenters. The fraction of sp³-hybridized carbons (Fsp3) is 0.333. The Morgan fingerprint density at radius 2 is 1.79 bits per heavy atom. The summed E-state index contributed by atoms with van der Waals surface area (Å²) in [5, 5.41) is 1.46. The Morgan fingerprint density at radius 3 is 2.50 bits per heavy atom. The van der Waals surface area contributed by atoms with Gasteiger partial charge in [0.2, 0.25) is 0 Å². The minimum absolute atomic E-state index is 0.0292. The molecule has 0 N–H and O–H groups in total. The SMILES string of the molecule is Cc1ccc(S(=O)(=O)ON2CC[C@@H](OCc3ccccc3)C2)cc1. The lowest BCUT2D eigenvalue weighted by Gasteiger charge is -2.16. The first kappa shape index (κ1) is 17.1. The number of hydrogen-bond donors (Lipinski definition) is 0. The molecule has 128 valence electrons. The van der Waals surface area contributed by atoms with E-state index >= 15 is 0 Å². The number of rotatable bonds is 6. The molecular weight excluding hydrogens is 326 g/mol. The summed E-state index contributed by atoms with van der Waals surface area (Å²) < 4.78 is 35.6. The molecule has 0 radical (unpaired) electrons. The first-order chi connectivity index (χ1) is 11.5. The van der Waals surface area contributed by atoms with E-state index in [0.29, 0.717) is 19.7 Å². The summed E-state index contributed by atoms with van der Waals surface area (Å²) in [6, 6.07) is 16.5. The van der Waals surface area contributed by atoms with Crippen LogP contribution in [0.1, 0.15) is 17.5 Å². The maximum absolute atomic E-state index is 12.3. The van der Waals surface area contributed by atoms with Gasteiger partial charge in [0.25, 0.3) is 0 Å². The summed E-state index contributed by atoms with van der Waals surface area (Å²) in [5.74, 6) is 0. The normalized spacial score (nSPS) is 18.8. The maximum atomic E-state index is 12.3. The van der Waals surface area contributed by atoms with Crippen molar-refractivity contribution in [3.8, 4) is 0 Å². The number of hydrogen-bond acceptors (Lipinski definition) is 5.